The third-order valence-electron chi connectivity index (χ3n) is 2.36. The summed E-state index contributed by atoms with van der Waals surface area (Å²) in [6, 6.07) is 0. The van der Waals surface area contributed by atoms with Gasteiger partial charge in [-0.15, -0.1) is 0 Å². The van der Waals surface area contributed by atoms with Gasteiger partial charge in [-0.3, -0.25) is 9.59 Å². The van der Waals surface area contributed by atoms with Crippen LogP contribution in [-0.4, -0.2) is 37.2 Å². The maximum absolute atomic E-state index is 11.9. The SMILES string of the molecule is CC(=O)OCC(C)(C)COC(=O)C(C)(C)COC(=O)Cl. The highest BCUT2D eigenvalue weighted by Gasteiger charge is 2.33. The van der Waals surface area contributed by atoms with Crippen LogP contribution >= 0.6 is 11.6 Å². The highest BCUT2D eigenvalue weighted by atomic mass is 35.5. The normalized spacial score (nSPS) is 11.7. The molecular formula is C13H21ClO6. The van der Waals surface area contributed by atoms with Crippen molar-refractivity contribution in [2.45, 2.75) is 34.6 Å². The van der Waals surface area contributed by atoms with E-state index < -0.39 is 28.2 Å². The zero-order chi connectivity index (χ0) is 16.0. The highest BCUT2D eigenvalue weighted by molar-refractivity contribution is 6.61. The molecule has 0 radical (unpaired) electrons. The Hall–Kier alpha value is -1.30. The van der Waals surface area contributed by atoms with Gasteiger partial charge in [0, 0.05) is 23.9 Å². The molecule has 0 heterocycles. The first-order valence-corrected chi connectivity index (χ1v) is 6.47. The van der Waals surface area contributed by atoms with Crippen LogP contribution in [0.15, 0.2) is 0 Å². The Morgan fingerprint density at radius 3 is 1.85 bits per heavy atom. The Morgan fingerprint density at radius 1 is 0.900 bits per heavy atom. The summed E-state index contributed by atoms with van der Waals surface area (Å²) >= 11 is 5.05. The number of carbonyl (C=O) groups excluding carboxylic acids is 3. The van der Waals surface area contributed by atoms with Gasteiger partial charge in [0.2, 0.25) is 0 Å². The van der Waals surface area contributed by atoms with Crippen LogP contribution in [0.5, 0.6) is 0 Å². The summed E-state index contributed by atoms with van der Waals surface area (Å²) in [5, 5.41) is 0. The van der Waals surface area contributed by atoms with Crippen LogP contribution in [0.4, 0.5) is 4.79 Å². The van der Waals surface area contributed by atoms with Gasteiger partial charge in [0.05, 0.1) is 18.6 Å². The van der Waals surface area contributed by atoms with Gasteiger partial charge in [-0.25, -0.2) is 4.79 Å². The van der Waals surface area contributed by atoms with Crippen molar-refractivity contribution >= 4 is 29.0 Å². The van der Waals surface area contributed by atoms with Crippen LogP contribution in [0.25, 0.3) is 0 Å². The number of carbonyl (C=O) groups is 3. The molecule has 0 aliphatic carbocycles. The van der Waals surface area contributed by atoms with E-state index in [1.165, 1.54) is 6.92 Å². The minimum Gasteiger partial charge on any atom is -0.465 e. The van der Waals surface area contributed by atoms with Crippen LogP contribution < -0.4 is 0 Å². The monoisotopic (exact) mass is 308 g/mol. The summed E-state index contributed by atoms with van der Waals surface area (Å²) in [5.41, 5.74) is -2.47. The number of hydrogen-bond acceptors (Lipinski definition) is 6. The predicted molar refractivity (Wildman–Crippen MR) is 72.4 cm³/mol. The minimum absolute atomic E-state index is 0.0807. The topological polar surface area (TPSA) is 78.9 Å². The molecule has 0 aromatic rings. The van der Waals surface area contributed by atoms with Crippen molar-refractivity contribution < 1.29 is 28.6 Å². The summed E-state index contributed by atoms with van der Waals surface area (Å²) in [7, 11) is 0. The number of rotatable bonds is 7. The highest BCUT2D eigenvalue weighted by Crippen LogP contribution is 2.22. The van der Waals surface area contributed by atoms with Crippen LogP contribution in [0, 0.1) is 10.8 Å². The van der Waals surface area contributed by atoms with Gasteiger partial charge in [0.15, 0.2) is 0 Å². The van der Waals surface area contributed by atoms with Crippen LogP contribution in [-0.2, 0) is 23.8 Å². The quantitative estimate of drug-likeness (QED) is 0.408. The molecule has 0 aliphatic heterocycles. The van der Waals surface area contributed by atoms with Crippen LogP contribution in [0.2, 0.25) is 0 Å². The molecule has 0 spiro atoms. The van der Waals surface area contributed by atoms with Gasteiger partial charge in [0.25, 0.3) is 0 Å². The Labute approximate surface area is 123 Å². The van der Waals surface area contributed by atoms with Gasteiger partial charge in [-0.05, 0) is 13.8 Å². The lowest BCUT2D eigenvalue weighted by molar-refractivity contribution is -0.161. The van der Waals surface area contributed by atoms with Crippen molar-refractivity contribution in [3.05, 3.63) is 0 Å². The lowest BCUT2D eigenvalue weighted by atomic mass is 9.94. The predicted octanol–water partition coefficient (Wildman–Crippen LogP) is 2.52. The Kier molecular flexibility index (Phi) is 6.99. The first kappa shape index (κ1) is 18.7. The average Bonchev–Trinajstić information content (AvgIpc) is 2.31. The van der Waals surface area contributed by atoms with Gasteiger partial charge in [-0.2, -0.15) is 0 Å². The van der Waals surface area contributed by atoms with Crippen molar-refractivity contribution in [1.82, 2.24) is 0 Å². The number of halogens is 1. The summed E-state index contributed by atoms with van der Waals surface area (Å²) < 4.78 is 14.7. The Morgan fingerprint density at radius 2 is 1.40 bits per heavy atom. The van der Waals surface area contributed by atoms with Crippen molar-refractivity contribution in [2.24, 2.45) is 10.8 Å². The third-order valence-corrected chi connectivity index (χ3v) is 2.47. The van der Waals surface area contributed by atoms with E-state index in [0.29, 0.717) is 0 Å². The fourth-order valence-electron chi connectivity index (χ4n) is 1.09. The fourth-order valence-corrected chi connectivity index (χ4v) is 1.15. The third kappa shape index (κ3) is 7.99. The summed E-state index contributed by atoms with van der Waals surface area (Å²) in [4.78, 5) is 33.2. The van der Waals surface area contributed by atoms with E-state index in [0.717, 1.165) is 0 Å². The molecule has 6 nitrogen and oxygen atoms in total. The molecule has 0 aliphatic rings. The molecule has 0 bridgehead atoms. The van der Waals surface area contributed by atoms with Crippen molar-refractivity contribution in [2.75, 3.05) is 19.8 Å². The van der Waals surface area contributed by atoms with Crippen molar-refractivity contribution in [1.29, 1.82) is 0 Å². The van der Waals surface area contributed by atoms with Gasteiger partial charge in [-0.1, -0.05) is 13.8 Å². The smallest absolute Gasteiger partial charge is 0.403 e. The number of ether oxygens (including phenoxy) is 3. The molecule has 0 aromatic carbocycles. The Bertz CT molecular complexity index is 375. The zero-order valence-electron chi connectivity index (χ0n) is 12.4. The van der Waals surface area contributed by atoms with Crippen molar-refractivity contribution in [3.8, 4) is 0 Å². The molecule has 0 N–H and O–H groups in total. The number of esters is 2. The second kappa shape index (κ2) is 7.47. The van der Waals surface area contributed by atoms with Gasteiger partial charge in [0.1, 0.15) is 6.61 Å². The molecule has 116 valence electrons. The molecule has 0 rings (SSSR count). The molecular weight excluding hydrogens is 288 g/mol. The maximum atomic E-state index is 11.9. The van der Waals surface area contributed by atoms with Gasteiger partial charge >= 0.3 is 17.4 Å². The molecule has 0 saturated heterocycles. The largest absolute Gasteiger partial charge is 0.465 e. The van der Waals surface area contributed by atoms with E-state index in [4.69, 9.17) is 21.1 Å². The lowest BCUT2D eigenvalue weighted by Crippen LogP contribution is -2.35. The fraction of sp³-hybridized carbons (Fsp3) is 0.769. The Balaban J connectivity index is 4.31. The standard InChI is InChI=1S/C13H21ClO6/c1-9(15)18-6-12(2,3)7-19-10(16)13(4,5)8-20-11(14)17/h6-8H2,1-5H3. The maximum Gasteiger partial charge on any atom is 0.403 e. The summed E-state index contributed by atoms with van der Waals surface area (Å²) in [6.07, 6.45) is 0. The van der Waals surface area contributed by atoms with E-state index in [1.54, 1.807) is 27.7 Å². The summed E-state index contributed by atoms with van der Waals surface area (Å²) in [5.74, 6) is -0.912. The zero-order valence-corrected chi connectivity index (χ0v) is 13.2. The first-order valence-electron chi connectivity index (χ1n) is 6.09. The first-order chi connectivity index (χ1) is 8.96. The van der Waals surface area contributed by atoms with E-state index in [-0.39, 0.29) is 19.8 Å². The number of hydrogen-bond donors (Lipinski definition) is 0. The second-order valence-electron chi connectivity index (χ2n) is 5.93. The molecule has 0 amide bonds. The van der Waals surface area contributed by atoms with Crippen LogP contribution in [0.1, 0.15) is 34.6 Å². The van der Waals surface area contributed by atoms with E-state index in [9.17, 15) is 14.4 Å². The van der Waals surface area contributed by atoms with E-state index in [2.05, 4.69) is 4.74 Å². The average molecular weight is 309 g/mol. The molecule has 7 heteroatoms. The second-order valence-corrected chi connectivity index (χ2v) is 6.24. The molecule has 0 aromatic heterocycles. The molecule has 0 unspecified atom stereocenters. The molecule has 20 heavy (non-hydrogen) atoms. The molecule has 0 fully saturated rings. The summed E-state index contributed by atoms with van der Waals surface area (Å²) in [6.45, 7) is 8.13. The lowest BCUT2D eigenvalue weighted by Gasteiger charge is -2.27. The van der Waals surface area contributed by atoms with E-state index >= 15 is 0 Å². The van der Waals surface area contributed by atoms with Crippen molar-refractivity contribution in [3.63, 3.8) is 0 Å². The van der Waals surface area contributed by atoms with Crippen LogP contribution in [0.3, 0.4) is 0 Å². The minimum atomic E-state index is -0.998. The van der Waals surface area contributed by atoms with E-state index in [1.807, 2.05) is 0 Å². The van der Waals surface area contributed by atoms with Gasteiger partial charge < -0.3 is 14.2 Å². The molecule has 0 saturated carbocycles. The molecule has 0 atom stereocenters.